The van der Waals surface area contributed by atoms with E-state index < -0.39 is 0 Å². The van der Waals surface area contributed by atoms with Crippen LogP contribution in [0.15, 0.2) is 24.3 Å². The normalized spacial score (nSPS) is 13.1. The molecule has 0 heterocycles. The molecule has 0 nitrogen and oxygen atoms in total. The third kappa shape index (κ3) is 11.5. The van der Waals surface area contributed by atoms with E-state index in [1.807, 2.05) is 0 Å². The van der Waals surface area contributed by atoms with Gasteiger partial charge < -0.3 is 0 Å². The number of rotatable bonds is 6. The third-order valence-corrected chi connectivity index (χ3v) is 2.22. The summed E-state index contributed by atoms with van der Waals surface area (Å²) in [6.07, 6.45) is 15.2. The molecule has 0 aromatic carbocycles. The fourth-order valence-electron chi connectivity index (χ4n) is 1.35. The van der Waals surface area contributed by atoms with Gasteiger partial charge in [0.1, 0.15) is 0 Å². The minimum absolute atomic E-state index is 0.509. The van der Waals surface area contributed by atoms with Gasteiger partial charge in [-0.1, -0.05) is 51.5 Å². The SMILES string of the molecule is C/C=C\C/C=C\CCCCC(C)(C)C. The summed E-state index contributed by atoms with van der Waals surface area (Å²) in [5.74, 6) is 0. The quantitative estimate of drug-likeness (QED) is 0.407. The predicted octanol–water partition coefficient (Wildman–Crippen LogP) is 5.12. The minimum Gasteiger partial charge on any atom is -0.0914 e. The number of hydrogen-bond acceptors (Lipinski definition) is 0. The van der Waals surface area contributed by atoms with Crippen LogP contribution < -0.4 is 0 Å². The Morgan fingerprint density at radius 1 is 0.929 bits per heavy atom. The summed E-state index contributed by atoms with van der Waals surface area (Å²) < 4.78 is 0. The average Bonchev–Trinajstić information content (AvgIpc) is 2.08. The van der Waals surface area contributed by atoms with Crippen LogP contribution in [-0.4, -0.2) is 0 Å². The van der Waals surface area contributed by atoms with E-state index >= 15 is 0 Å². The number of allylic oxidation sites excluding steroid dienone is 4. The van der Waals surface area contributed by atoms with Crippen molar-refractivity contribution in [2.45, 2.75) is 59.8 Å². The van der Waals surface area contributed by atoms with E-state index in [4.69, 9.17) is 0 Å². The highest BCUT2D eigenvalue weighted by atomic mass is 14.1. The Kier molecular flexibility index (Phi) is 7.55. The second-order valence-corrected chi connectivity index (χ2v) is 5.08. The van der Waals surface area contributed by atoms with E-state index in [2.05, 4.69) is 52.0 Å². The molecule has 0 saturated heterocycles. The van der Waals surface area contributed by atoms with Crippen LogP contribution in [0.5, 0.6) is 0 Å². The van der Waals surface area contributed by atoms with Gasteiger partial charge in [-0.3, -0.25) is 0 Å². The van der Waals surface area contributed by atoms with E-state index in [0.29, 0.717) is 5.41 Å². The summed E-state index contributed by atoms with van der Waals surface area (Å²) in [5, 5.41) is 0. The molecule has 0 bridgehead atoms. The molecule has 0 radical (unpaired) electrons. The Morgan fingerprint density at radius 3 is 2.21 bits per heavy atom. The molecule has 0 aromatic heterocycles. The van der Waals surface area contributed by atoms with Crippen molar-refractivity contribution in [2.75, 3.05) is 0 Å². The summed E-state index contributed by atoms with van der Waals surface area (Å²) in [6.45, 7) is 9.01. The van der Waals surface area contributed by atoms with Crippen molar-refractivity contribution in [2.24, 2.45) is 5.41 Å². The maximum atomic E-state index is 2.31. The molecule has 0 atom stereocenters. The average molecular weight is 194 g/mol. The highest BCUT2D eigenvalue weighted by Crippen LogP contribution is 2.21. The highest BCUT2D eigenvalue weighted by molar-refractivity contribution is 4.91. The molecule has 0 heteroatoms. The molecular weight excluding hydrogens is 168 g/mol. The Balaban J connectivity index is 3.25. The summed E-state index contributed by atoms with van der Waals surface area (Å²) in [4.78, 5) is 0. The molecule has 0 rings (SSSR count). The fourth-order valence-corrected chi connectivity index (χ4v) is 1.35. The summed E-state index contributed by atoms with van der Waals surface area (Å²) in [6, 6.07) is 0. The standard InChI is InChI=1S/C14H26/c1-5-6-7-8-9-10-11-12-13-14(2,3)4/h5-6,8-9H,7,10-13H2,1-4H3/b6-5-,9-8-. The van der Waals surface area contributed by atoms with Gasteiger partial charge in [0.25, 0.3) is 0 Å². The van der Waals surface area contributed by atoms with Gasteiger partial charge in [-0.25, -0.2) is 0 Å². The lowest BCUT2D eigenvalue weighted by atomic mass is 9.89. The highest BCUT2D eigenvalue weighted by Gasteiger charge is 2.07. The summed E-state index contributed by atoms with van der Waals surface area (Å²) in [5.41, 5.74) is 0.509. The van der Waals surface area contributed by atoms with Gasteiger partial charge in [-0.05, 0) is 38.0 Å². The van der Waals surface area contributed by atoms with Gasteiger partial charge in [-0.2, -0.15) is 0 Å². The van der Waals surface area contributed by atoms with Crippen molar-refractivity contribution in [3.63, 3.8) is 0 Å². The van der Waals surface area contributed by atoms with Crippen LogP contribution in [0, 0.1) is 5.41 Å². The molecular formula is C14H26. The van der Waals surface area contributed by atoms with Crippen molar-refractivity contribution < 1.29 is 0 Å². The van der Waals surface area contributed by atoms with E-state index in [9.17, 15) is 0 Å². The first kappa shape index (κ1) is 13.5. The van der Waals surface area contributed by atoms with Crippen molar-refractivity contribution >= 4 is 0 Å². The Morgan fingerprint density at radius 2 is 1.64 bits per heavy atom. The molecule has 0 saturated carbocycles. The largest absolute Gasteiger partial charge is 0.0914 e. The molecule has 0 aliphatic heterocycles. The third-order valence-electron chi connectivity index (χ3n) is 2.22. The number of hydrogen-bond donors (Lipinski definition) is 0. The van der Waals surface area contributed by atoms with Gasteiger partial charge in [-0.15, -0.1) is 0 Å². The first-order valence-electron chi connectivity index (χ1n) is 5.82. The van der Waals surface area contributed by atoms with Crippen LogP contribution in [0.25, 0.3) is 0 Å². The molecule has 0 fully saturated rings. The smallest absolute Gasteiger partial charge is 0.0169 e. The number of unbranched alkanes of at least 4 members (excludes halogenated alkanes) is 2. The molecule has 0 spiro atoms. The van der Waals surface area contributed by atoms with Crippen LogP contribution in [-0.2, 0) is 0 Å². The molecule has 0 amide bonds. The lowest BCUT2D eigenvalue weighted by Gasteiger charge is -2.16. The molecule has 0 N–H and O–H groups in total. The lowest BCUT2D eigenvalue weighted by molar-refractivity contribution is 0.361. The molecule has 82 valence electrons. The molecule has 14 heavy (non-hydrogen) atoms. The lowest BCUT2D eigenvalue weighted by Crippen LogP contribution is -2.03. The van der Waals surface area contributed by atoms with Crippen LogP contribution in [0.4, 0.5) is 0 Å². The first-order valence-corrected chi connectivity index (χ1v) is 5.82. The molecule has 0 unspecified atom stereocenters. The van der Waals surface area contributed by atoms with E-state index in [1.165, 1.54) is 25.7 Å². The Hall–Kier alpha value is -0.520. The Labute approximate surface area is 90.1 Å². The molecule has 0 aliphatic rings. The maximum absolute atomic E-state index is 2.31. The topological polar surface area (TPSA) is 0 Å². The van der Waals surface area contributed by atoms with Gasteiger partial charge in [0.2, 0.25) is 0 Å². The van der Waals surface area contributed by atoms with Crippen LogP contribution in [0.1, 0.15) is 59.8 Å². The van der Waals surface area contributed by atoms with Crippen LogP contribution in [0.2, 0.25) is 0 Å². The van der Waals surface area contributed by atoms with Crippen molar-refractivity contribution in [1.29, 1.82) is 0 Å². The van der Waals surface area contributed by atoms with Crippen LogP contribution in [0.3, 0.4) is 0 Å². The van der Waals surface area contributed by atoms with Crippen molar-refractivity contribution in [1.82, 2.24) is 0 Å². The van der Waals surface area contributed by atoms with Crippen molar-refractivity contribution in [3.8, 4) is 0 Å². The van der Waals surface area contributed by atoms with E-state index in [1.54, 1.807) is 0 Å². The molecule has 0 aliphatic carbocycles. The molecule has 0 aromatic rings. The zero-order valence-corrected chi connectivity index (χ0v) is 10.3. The zero-order chi connectivity index (χ0) is 10.9. The maximum Gasteiger partial charge on any atom is -0.0169 e. The van der Waals surface area contributed by atoms with Gasteiger partial charge >= 0.3 is 0 Å². The van der Waals surface area contributed by atoms with Gasteiger partial charge in [0.15, 0.2) is 0 Å². The second-order valence-electron chi connectivity index (χ2n) is 5.08. The van der Waals surface area contributed by atoms with E-state index in [0.717, 1.165) is 6.42 Å². The second kappa shape index (κ2) is 7.84. The minimum atomic E-state index is 0.509. The van der Waals surface area contributed by atoms with E-state index in [-0.39, 0.29) is 0 Å². The van der Waals surface area contributed by atoms with Gasteiger partial charge in [0, 0.05) is 0 Å². The van der Waals surface area contributed by atoms with Crippen molar-refractivity contribution in [3.05, 3.63) is 24.3 Å². The summed E-state index contributed by atoms with van der Waals surface area (Å²) >= 11 is 0. The van der Waals surface area contributed by atoms with Gasteiger partial charge in [0.05, 0.1) is 0 Å². The predicted molar refractivity (Wildman–Crippen MR) is 66.5 cm³/mol. The van der Waals surface area contributed by atoms with Crippen LogP contribution >= 0.6 is 0 Å². The Bertz CT molecular complexity index is 167. The fraction of sp³-hybridized carbons (Fsp3) is 0.714. The zero-order valence-electron chi connectivity index (χ0n) is 10.3. The monoisotopic (exact) mass is 194 g/mol. The first-order chi connectivity index (χ1) is 6.56. The summed E-state index contributed by atoms with van der Waals surface area (Å²) in [7, 11) is 0.